The van der Waals surface area contributed by atoms with Crippen LogP contribution in [-0.4, -0.2) is 5.78 Å². The van der Waals surface area contributed by atoms with Crippen LogP contribution in [0.15, 0.2) is 48.5 Å². The second-order valence-electron chi connectivity index (χ2n) is 4.91. The Bertz CT molecular complexity index is 639. The van der Waals surface area contributed by atoms with Gasteiger partial charge in [-0.3, -0.25) is 4.79 Å². The molecule has 2 aromatic carbocycles. The van der Waals surface area contributed by atoms with Crippen molar-refractivity contribution in [1.82, 2.24) is 0 Å². The normalized spacial score (nSPS) is 11.0. The fourth-order valence-electron chi connectivity index (χ4n) is 2.38. The van der Waals surface area contributed by atoms with E-state index in [2.05, 4.69) is 6.07 Å². The Balaban J connectivity index is 2.63. The van der Waals surface area contributed by atoms with E-state index in [0.717, 1.165) is 11.1 Å². The van der Waals surface area contributed by atoms with Gasteiger partial charge in [0.15, 0.2) is 0 Å². The van der Waals surface area contributed by atoms with Crippen molar-refractivity contribution in [2.24, 2.45) is 0 Å². The summed E-state index contributed by atoms with van der Waals surface area (Å²) in [4.78, 5) is 11.7. The molecule has 0 fully saturated rings. The Morgan fingerprint density at radius 2 is 1.38 bits per heavy atom. The van der Waals surface area contributed by atoms with E-state index in [1.165, 1.54) is 6.92 Å². The maximum atomic E-state index is 11.7. The SMILES string of the molecule is CC(=O)CC(C#N)(c1ccc(Cl)cc1)c1ccc(Cl)cc1. The molecule has 0 aliphatic rings. The van der Waals surface area contributed by atoms with Crippen LogP contribution in [0.5, 0.6) is 0 Å². The number of Topliss-reactive ketones (excluding diaryl/α,β-unsaturated/α-hetero) is 1. The summed E-state index contributed by atoms with van der Waals surface area (Å²) in [6.45, 7) is 1.48. The highest BCUT2D eigenvalue weighted by Gasteiger charge is 2.36. The standard InChI is InChI=1S/C17H13Cl2NO/c1-12(21)10-17(11-20,13-2-6-15(18)7-3-13)14-4-8-16(19)9-5-14/h2-9H,10H2,1H3. The molecule has 0 N–H and O–H groups in total. The van der Waals surface area contributed by atoms with Crippen LogP contribution in [0.25, 0.3) is 0 Å². The van der Waals surface area contributed by atoms with Gasteiger partial charge in [-0.05, 0) is 42.3 Å². The summed E-state index contributed by atoms with van der Waals surface area (Å²) in [6, 6.07) is 16.3. The molecule has 0 saturated heterocycles. The number of nitriles is 1. The predicted octanol–water partition coefficient (Wildman–Crippen LogP) is 4.78. The first-order valence-electron chi connectivity index (χ1n) is 6.41. The summed E-state index contributed by atoms with van der Waals surface area (Å²) in [7, 11) is 0. The zero-order valence-electron chi connectivity index (χ0n) is 11.4. The molecule has 2 rings (SSSR count). The van der Waals surface area contributed by atoms with E-state index in [1.54, 1.807) is 48.5 Å². The lowest BCUT2D eigenvalue weighted by Gasteiger charge is -2.27. The maximum Gasteiger partial charge on any atom is 0.132 e. The molecular weight excluding hydrogens is 305 g/mol. The molecule has 0 aliphatic heterocycles. The third-order valence-electron chi connectivity index (χ3n) is 3.38. The van der Waals surface area contributed by atoms with E-state index < -0.39 is 5.41 Å². The predicted molar refractivity (Wildman–Crippen MR) is 84.6 cm³/mol. The molecule has 0 saturated carbocycles. The monoisotopic (exact) mass is 317 g/mol. The Hall–Kier alpha value is -1.82. The van der Waals surface area contributed by atoms with Gasteiger partial charge in [0.05, 0.1) is 6.07 Å². The summed E-state index contributed by atoms with van der Waals surface area (Å²) in [5.74, 6) is -0.0542. The lowest BCUT2D eigenvalue weighted by Crippen LogP contribution is -2.28. The number of halogens is 2. The molecule has 0 unspecified atom stereocenters. The topological polar surface area (TPSA) is 40.9 Å². The second-order valence-corrected chi connectivity index (χ2v) is 5.78. The number of nitrogens with zero attached hydrogens (tertiary/aromatic N) is 1. The summed E-state index contributed by atoms with van der Waals surface area (Å²) in [6.07, 6.45) is 0.104. The van der Waals surface area contributed by atoms with Crippen LogP contribution in [0.3, 0.4) is 0 Å². The molecule has 21 heavy (non-hydrogen) atoms. The molecule has 0 aromatic heterocycles. The van der Waals surface area contributed by atoms with Crippen molar-refractivity contribution in [2.45, 2.75) is 18.8 Å². The average molecular weight is 318 g/mol. The molecule has 0 aliphatic carbocycles. The number of hydrogen-bond donors (Lipinski definition) is 0. The Kier molecular flexibility index (Phi) is 4.67. The molecule has 0 radical (unpaired) electrons. The molecule has 2 aromatic rings. The Morgan fingerprint density at radius 3 is 1.67 bits per heavy atom. The molecule has 106 valence electrons. The highest BCUT2D eigenvalue weighted by atomic mass is 35.5. The number of benzene rings is 2. The number of carbonyl (C=O) groups is 1. The van der Waals surface area contributed by atoms with E-state index in [-0.39, 0.29) is 12.2 Å². The van der Waals surface area contributed by atoms with Gasteiger partial charge in [0, 0.05) is 16.5 Å². The first-order chi connectivity index (χ1) is 9.98. The number of ketones is 1. The van der Waals surface area contributed by atoms with Gasteiger partial charge in [0.1, 0.15) is 11.2 Å². The second kappa shape index (κ2) is 6.30. The average Bonchev–Trinajstić information content (AvgIpc) is 2.46. The largest absolute Gasteiger partial charge is 0.300 e. The van der Waals surface area contributed by atoms with Crippen LogP contribution in [-0.2, 0) is 10.2 Å². The fraction of sp³-hybridized carbons (Fsp3) is 0.176. The van der Waals surface area contributed by atoms with Crippen LogP contribution in [0.2, 0.25) is 10.0 Å². The molecule has 0 atom stereocenters. The van der Waals surface area contributed by atoms with Gasteiger partial charge in [-0.15, -0.1) is 0 Å². The van der Waals surface area contributed by atoms with Crippen LogP contribution >= 0.6 is 23.2 Å². The van der Waals surface area contributed by atoms with Crippen LogP contribution in [0, 0.1) is 11.3 Å². The van der Waals surface area contributed by atoms with E-state index in [9.17, 15) is 10.1 Å². The van der Waals surface area contributed by atoms with Gasteiger partial charge in [-0.1, -0.05) is 47.5 Å². The minimum Gasteiger partial charge on any atom is -0.300 e. The van der Waals surface area contributed by atoms with E-state index in [4.69, 9.17) is 23.2 Å². The van der Waals surface area contributed by atoms with Gasteiger partial charge < -0.3 is 0 Å². The molecule has 0 heterocycles. The van der Waals surface area contributed by atoms with Crippen LogP contribution < -0.4 is 0 Å². The van der Waals surface area contributed by atoms with Gasteiger partial charge in [-0.2, -0.15) is 5.26 Å². The zero-order valence-corrected chi connectivity index (χ0v) is 12.9. The quantitative estimate of drug-likeness (QED) is 0.814. The Morgan fingerprint density at radius 1 is 1.00 bits per heavy atom. The summed E-state index contributed by atoms with van der Waals surface area (Å²) in [5.41, 5.74) is 0.458. The molecule has 4 heteroatoms. The van der Waals surface area contributed by atoms with Crippen LogP contribution in [0.1, 0.15) is 24.5 Å². The van der Waals surface area contributed by atoms with Gasteiger partial charge in [-0.25, -0.2) is 0 Å². The smallest absolute Gasteiger partial charge is 0.132 e. The highest BCUT2D eigenvalue weighted by molar-refractivity contribution is 6.30. The van der Waals surface area contributed by atoms with E-state index in [0.29, 0.717) is 10.0 Å². The van der Waals surface area contributed by atoms with Crippen LogP contribution in [0.4, 0.5) is 0 Å². The number of carbonyl (C=O) groups excluding carboxylic acids is 1. The first kappa shape index (κ1) is 15.6. The van der Waals surface area contributed by atoms with Crippen molar-refractivity contribution in [3.63, 3.8) is 0 Å². The molecule has 2 nitrogen and oxygen atoms in total. The van der Waals surface area contributed by atoms with E-state index >= 15 is 0 Å². The van der Waals surface area contributed by atoms with Crippen molar-refractivity contribution in [3.05, 3.63) is 69.7 Å². The molecule has 0 amide bonds. The lowest BCUT2D eigenvalue weighted by atomic mass is 9.72. The van der Waals surface area contributed by atoms with Crippen molar-refractivity contribution in [2.75, 3.05) is 0 Å². The lowest BCUT2D eigenvalue weighted by molar-refractivity contribution is -0.117. The summed E-state index contributed by atoms with van der Waals surface area (Å²) < 4.78 is 0. The van der Waals surface area contributed by atoms with Crippen molar-refractivity contribution in [1.29, 1.82) is 5.26 Å². The summed E-state index contributed by atoms with van der Waals surface area (Å²) >= 11 is 11.8. The van der Waals surface area contributed by atoms with Gasteiger partial charge in [0.2, 0.25) is 0 Å². The minimum absolute atomic E-state index is 0.0542. The first-order valence-corrected chi connectivity index (χ1v) is 7.16. The highest BCUT2D eigenvalue weighted by Crippen LogP contribution is 2.36. The third kappa shape index (κ3) is 3.26. The Labute approximate surface area is 133 Å². The summed E-state index contributed by atoms with van der Waals surface area (Å²) in [5, 5.41) is 11.0. The third-order valence-corrected chi connectivity index (χ3v) is 3.88. The van der Waals surface area contributed by atoms with Gasteiger partial charge in [0.25, 0.3) is 0 Å². The number of rotatable bonds is 4. The van der Waals surface area contributed by atoms with Crippen molar-refractivity contribution >= 4 is 29.0 Å². The van der Waals surface area contributed by atoms with E-state index in [1.807, 2.05) is 0 Å². The molecular formula is C17H13Cl2NO. The minimum atomic E-state index is -1.03. The number of hydrogen-bond acceptors (Lipinski definition) is 2. The van der Waals surface area contributed by atoms with Crippen molar-refractivity contribution < 1.29 is 4.79 Å². The maximum absolute atomic E-state index is 11.7. The van der Waals surface area contributed by atoms with Gasteiger partial charge >= 0.3 is 0 Å². The molecule has 0 spiro atoms. The zero-order chi connectivity index (χ0) is 15.5. The van der Waals surface area contributed by atoms with Crippen molar-refractivity contribution in [3.8, 4) is 6.07 Å². The molecule has 0 bridgehead atoms. The fourth-order valence-corrected chi connectivity index (χ4v) is 2.63.